The van der Waals surface area contributed by atoms with Gasteiger partial charge >= 0.3 is 12.1 Å². The first kappa shape index (κ1) is 19.3. The van der Waals surface area contributed by atoms with Gasteiger partial charge in [0.2, 0.25) is 0 Å². The summed E-state index contributed by atoms with van der Waals surface area (Å²) in [5.41, 5.74) is 0.397. The summed E-state index contributed by atoms with van der Waals surface area (Å²) < 4.78 is 45.0. The van der Waals surface area contributed by atoms with Crippen LogP contribution in [0.25, 0.3) is 0 Å². The van der Waals surface area contributed by atoms with Gasteiger partial charge in [-0.2, -0.15) is 13.2 Å². The molecule has 0 radical (unpaired) electrons. The third kappa shape index (κ3) is 3.17. The lowest BCUT2D eigenvalue weighted by molar-refractivity contribution is -0.172. The minimum Gasteiger partial charge on any atom is -0.497 e. The highest BCUT2D eigenvalue weighted by Crippen LogP contribution is 2.51. The largest absolute Gasteiger partial charge is 0.497 e. The van der Waals surface area contributed by atoms with Crippen molar-refractivity contribution >= 4 is 11.6 Å². The molecule has 0 saturated carbocycles. The molecular weight excluding hydrogens is 355 g/mol. The van der Waals surface area contributed by atoms with Crippen molar-refractivity contribution in [2.45, 2.75) is 44.3 Å². The van der Waals surface area contributed by atoms with Crippen LogP contribution in [-0.2, 0) is 10.2 Å². The Morgan fingerprint density at radius 1 is 1.04 bits per heavy atom. The Bertz CT molecular complexity index is 858. The Morgan fingerprint density at radius 3 is 2.19 bits per heavy atom. The lowest BCUT2D eigenvalue weighted by atomic mass is 9.65. The van der Waals surface area contributed by atoms with E-state index in [1.807, 2.05) is 31.2 Å². The van der Waals surface area contributed by atoms with Gasteiger partial charge < -0.3 is 4.74 Å². The van der Waals surface area contributed by atoms with Crippen LogP contribution in [0.2, 0.25) is 0 Å². The Labute approximate surface area is 156 Å². The van der Waals surface area contributed by atoms with E-state index in [-0.39, 0.29) is 0 Å². The molecule has 1 aliphatic rings. The smallest absolute Gasteiger partial charge is 0.471 e. The van der Waals surface area contributed by atoms with E-state index in [4.69, 9.17) is 4.74 Å². The van der Waals surface area contributed by atoms with Gasteiger partial charge in [0.25, 0.3) is 0 Å². The van der Waals surface area contributed by atoms with Gasteiger partial charge in [-0.15, -0.1) is 0 Å². The predicted octanol–water partition coefficient (Wildman–Crippen LogP) is 5.08. The number of rotatable bonds is 2. The predicted molar refractivity (Wildman–Crippen MR) is 98.1 cm³/mol. The number of amides is 1. The molecule has 1 atom stereocenters. The molecule has 0 N–H and O–H groups in total. The van der Waals surface area contributed by atoms with E-state index in [9.17, 15) is 18.0 Å². The van der Waals surface area contributed by atoms with Gasteiger partial charge in [-0.3, -0.25) is 9.69 Å². The van der Waals surface area contributed by atoms with E-state index < -0.39 is 23.0 Å². The molecule has 1 heterocycles. The summed E-state index contributed by atoms with van der Waals surface area (Å²) in [4.78, 5) is 13.1. The fourth-order valence-corrected chi connectivity index (χ4v) is 4.23. The van der Waals surface area contributed by atoms with Crippen LogP contribution in [0.15, 0.2) is 48.5 Å². The number of fused-ring (bicyclic) bond motifs is 1. The van der Waals surface area contributed by atoms with Gasteiger partial charge in [0, 0.05) is 16.6 Å². The molecule has 1 amide bonds. The molecule has 0 saturated heterocycles. The summed E-state index contributed by atoms with van der Waals surface area (Å²) in [5, 5.41) is 0. The van der Waals surface area contributed by atoms with Gasteiger partial charge in [-0.05, 0) is 49.6 Å². The maximum atomic E-state index is 13.3. The maximum Gasteiger partial charge on any atom is 0.471 e. The lowest BCUT2D eigenvalue weighted by Gasteiger charge is -2.51. The third-order valence-electron chi connectivity index (χ3n) is 5.30. The average molecular weight is 377 g/mol. The number of ether oxygens (including phenoxy) is 1. The molecule has 3 nitrogen and oxygen atoms in total. The molecule has 0 aliphatic carbocycles. The second-order valence-electron chi connectivity index (χ2n) is 7.71. The number of benzene rings is 2. The number of hydrogen-bond acceptors (Lipinski definition) is 2. The Morgan fingerprint density at radius 2 is 1.63 bits per heavy atom. The minimum absolute atomic E-state index is 0.300. The summed E-state index contributed by atoms with van der Waals surface area (Å²) in [6.45, 7) is 5.35. The van der Waals surface area contributed by atoms with Crippen molar-refractivity contribution in [3.8, 4) is 5.75 Å². The van der Waals surface area contributed by atoms with Crippen molar-refractivity contribution in [3.63, 3.8) is 0 Å². The first-order valence-electron chi connectivity index (χ1n) is 8.66. The third-order valence-corrected chi connectivity index (χ3v) is 5.30. The SMILES string of the molecule is COc1ccc([C@@]2(C)CC(C)(C)N(C(=O)C(F)(F)F)c3ccccc32)cc1. The van der Waals surface area contributed by atoms with Crippen LogP contribution in [0.5, 0.6) is 5.75 Å². The average Bonchev–Trinajstić information content (AvgIpc) is 2.60. The molecule has 0 fully saturated rings. The van der Waals surface area contributed by atoms with Crippen LogP contribution in [0.3, 0.4) is 0 Å². The van der Waals surface area contributed by atoms with Crippen LogP contribution in [0, 0.1) is 0 Å². The number of halogens is 3. The van der Waals surface area contributed by atoms with Crippen molar-refractivity contribution in [1.82, 2.24) is 0 Å². The Balaban J connectivity index is 2.20. The topological polar surface area (TPSA) is 29.5 Å². The molecule has 3 rings (SSSR count). The summed E-state index contributed by atoms with van der Waals surface area (Å²) in [5.74, 6) is -1.13. The molecule has 0 unspecified atom stereocenters. The van der Waals surface area contributed by atoms with Gasteiger partial charge in [-0.25, -0.2) is 0 Å². The number of carbonyl (C=O) groups is 1. The molecule has 0 aromatic heterocycles. The maximum absolute atomic E-state index is 13.3. The molecule has 144 valence electrons. The van der Waals surface area contributed by atoms with E-state index in [0.29, 0.717) is 23.4 Å². The van der Waals surface area contributed by atoms with Crippen molar-refractivity contribution in [2.24, 2.45) is 0 Å². The van der Waals surface area contributed by atoms with Crippen LogP contribution >= 0.6 is 0 Å². The number of anilines is 1. The molecule has 2 aromatic carbocycles. The van der Waals surface area contributed by atoms with Crippen LogP contribution in [0.4, 0.5) is 18.9 Å². The number of para-hydroxylation sites is 1. The molecule has 2 aromatic rings. The number of hydrogen-bond donors (Lipinski definition) is 0. The molecule has 27 heavy (non-hydrogen) atoms. The minimum atomic E-state index is -4.93. The zero-order chi connectivity index (χ0) is 20.0. The Kier molecular flexibility index (Phi) is 4.49. The van der Waals surface area contributed by atoms with E-state index in [1.54, 1.807) is 45.2 Å². The van der Waals surface area contributed by atoms with Gasteiger partial charge in [0.15, 0.2) is 0 Å². The number of carbonyl (C=O) groups excluding carboxylic acids is 1. The molecule has 1 aliphatic heterocycles. The van der Waals surface area contributed by atoms with Crippen molar-refractivity contribution < 1.29 is 22.7 Å². The number of alkyl halides is 3. The fourth-order valence-electron chi connectivity index (χ4n) is 4.23. The summed E-state index contributed by atoms with van der Waals surface area (Å²) in [6.07, 6.45) is -4.58. The van der Waals surface area contributed by atoms with Crippen LogP contribution in [0.1, 0.15) is 38.3 Å². The zero-order valence-electron chi connectivity index (χ0n) is 15.7. The highest BCUT2D eigenvalue weighted by molar-refractivity contribution is 6.00. The first-order chi connectivity index (χ1) is 12.5. The van der Waals surface area contributed by atoms with Gasteiger partial charge in [-0.1, -0.05) is 37.3 Å². The van der Waals surface area contributed by atoms with Crippen LogP contribution in [-0.4, -0.2) is 24.7 Å². The van der Waals surface area contributed by atoms with E-state index in [0.717, 1.165) is 10.5 Å². The van der Waals surface area contributed by atoms with E-state index >= 15 is 0 Å². The standard InChI is InChI=1S/C21H22F3NO2/c1-19(2)13-20(3,14-9-11-15(27-4)12-10-14)16-7-5-6-8-17(16)25(19)18(26)21(22,23)24/h5-12H,13H2,1-4H3/t20-/m1/s1. The molecule has 6 heteroatoms. The quantitative estimate of drug-likeness (QED) is 0.731. The number of methoxy groups -OCH3 is 1. The summed E-state index contributed by atoms with van der Waals surface area (Å²) in [7, 11) is 1.58. The van der Waals surface area contributed by atoms with Gasteiger partial charge in [0.1, 0.15) is 5.75 Å². The van der Waals surface area contributed by atoms with Crippen molar-refractivity contribution in [1.29, 1.82) is 0 Å². The summed E-state index contributed by atoms with van der Waals surface area (Å²) in [6, 6.07) is 14.3. The monoisotopic (exact) mass is 377 g/mol. The van der Waals surface area contributed by atoms with Gasteiger partial charge in [0.05, 0.1) is 7.11 Å². The second-order valence-corrected chi connectivity index (χ2v) is 7.71. The number of nitrogens with zero attached hydrogens (tertiary/aromatic N) is 1. The first-order valence-corrected chi connectivity index (χ1v) is 8.66. The zero-order valence-corrected chi connectivity index (χ0v) is 15.7. The van der Waals surface area contributed by atoms with E-state index in [2.05, 4.69) is 0 Å². The highest BCUT2D eigenvalue weighted by Gasteiger charge is 2.53. The molecule has 0 spiro atoms. The fraction of sp³-hybridized carbons (Fsp3) is 0.381. The highest BCUT2D eigenvalue weighted by atomic mass is 19.4. The molecular formula is C21H22F3NO2. The summed E-state index contributed by atoms with van der Waals surface area (Å²) >= 11 is 0. The van der Waals surface area contributed by atoms with E-state index in [1.165, 1.54) is 0 Å². The van der Waals surface area contributed by atoms with Crippen molar-refractivity contribution in [3.05, 3.63) is 59.7 Å². The second kappa shape index (κ2) is 6.29. The normalized spacial score (nSPS) is 21.5. The van der Waals surface area contributed by atoms with Crippen LogP contribution < -0.4 is 9.64 Å². The molecule has 0 bridgehead atoms. The van der Waals surface area contributed by atoms with Crippen molar-refractivity contribution in [2.75, 3.05) is 12.0 Å². The lowest BCUT2D eigenvalue weighted by Crippen LogP contribution is -2.59. The Hall–Kier alpha value is -2.50.